The van der Waals surface area contributed by atoms with Gasteiger partial charge in [-0.05, 0) is 37.6 Å². The van der Waals surface area contributed by atoms with E-state index in [2.05, 4.69) is 19.9 Å². The standard InChI is InChI=1S/C11H11ClN4O2/c1-3-17-10-14-9(12)15-11(16-10)18-8-5-4-6-13-7(8)2/h4-6H,3H2,1-2H3. The van der Waals surface area contributed by atoms with Gasteiger partial charge in [0.05, 0.1) is 12.3 Å². The Kier molecular flexibility index (Phi) is 3.88. The molecule has 0 fully saturated rings. The summed E-state index contributed by atoms with van der Waals surface area (Å²) in [5, 5.41) is 0.0185. The van der Waals surface area contributed by atoms with Crippen molar-refractivity contribution in [3.05, 3.63) is 29.3 Å². The van der Waals surface area contributed by atoms with Gasteiger partial charge < -0.3 is 9.47 Å². The predicted octanol–water partition coefficient (Wildman–Crippen LogP) is 2.42. The van der Waals surface area contributed by atoms with Crippen molar-refractivity contribution in [3.63, 3.8) is 0 Å². The van der Waals surface area contributed by atoms with Gasteiger partial charge in [-0.25, -0.2) is 0 Å². The summed E-state index contributed by atoms with van der Waals surface area (Å²) in [6.45, 7) is 4.08. The summed E-state index contributed by atoms with van der Waals surface area (Å²) < 4.78 is 10.6. The van der Waals surface area contributed by atoms with Gasteiger partial charge in [0, 0.05) is 6.20 Å². The highest BCUT2D eigenvalue weighted by Crippen LogP contribution is 2.22. The van der Waals surface area contributed by atoms with Gasteiger partial charge in [0.25, 0.3) is 0 Å². The highest BCUT2D eigenvalue weighted by Gasteiger charge is 2.09. The number of hydrogen-bond donors (Lipinski definition) is 0. The third-order valence-corrected chi connectivity index (χ3v) is 2.17. The zero-order valence-electron chi connectivity index (χ0n) is 9.92. The maximum absolute atomic E-state index is 5.75. The fraction of sp³-hybridized carbons (Fsp3) is 0.273. The van der Waals surface area contributed by atoms with E-state index in [4.69, 9.17) is 21.1 Å². The molecule has 0 saturated heterocycles. The summed E-state index contributed by atoms with van der Waals surface area (Å²) in [5.41, 5.74) is 0.729. The Morgan fingerprint density at radius 1 is 1.22 bits per heavy atom. The first-order chi connectivity index (χ1) is 8.69. The fourth-order valence-corrected chi connectivity index (χ4v) is 1.37. The third-order valence-electron chi connectivity index (χ3n) is 2.00. The zero-order chi connectivity index (χ0) is 13.0. The molecule has 0 radical (unpaired) electrons. The van der Waals surface area contributed by atoms with E-state index in [0.717, 1.165) is 5.69 Å². The van der Waals surface area contributed by atoms with E-state index in [1.165, 1.54) is 0 Å². The second kappa shape index (κ2) is 5.59. The molecule has 18 heavy (non-hydrogen) atoms. The van der Waals surface area contributed by atoms with Crippen LogP contribution in [-0.4, -0.2) is 26.5 Å². The number of ether oxygens (including phenoxy) is 2. The van der Waals surface area contributed by atoms with Crippen LogP contribution in [0.4, 0.5) is 0 Å². The monoisotopic (exact) mass is 266 g/mol. The van der Waals surface area contributed by atoms with Gasteiger partial charge in [-0.2, -0.15) is 9.97 Å². The molecular formula is C11H11ClN4O2. The van der Waals surface area contributed by atoms with Crippen molar-refractivity contribution in [1.29, 1.82) is 0 Å². The molecule has 0 spiro atoms. The van der Waals surface area contributed by atoms with Crippen LogP contribution in [0.1, 0.15) is 12.6 Å². The lowest BCUT2D eigenvalue weighted by Crippen LogP contribution is -2.02. The predicted molar refractivity (Wildman–Crippen MR) is 65.1 cm³/mol. The van der Waals surface area contributed by atoms with Crippen LogP contribution in [0.15, 0.2) is 18.3 Å². The second-order valence-electron chi connectivity index (χ2n) is 3.29. The first-order valence-electron chi connectivity index (χ1n) is 5.33. The zero-order valence-corrected chi connectivity index (χ0v) is 10.7. The Labute approximate surface area is 109 Å². The van der Waals surface area contributed by atoms with Crippen LogP contribution >= 0.6 is 11.6 Å². The summed E-state index contributed by atoms with van der Waals surface area (Å²) in [6.07, 6.45) is 1.67. The largest absolute Gasteiger partial charge is 0.464 e. The second-order valence-corrected chi connectivity index (χ2v) is 3.63. The van der Waals surface area contributed by atoms with Crippen LogP contribution in [-0.2, 0) is 0 Å². The summed E-state index contributed by atoms with van der Waals surface area (Å²) in [7, 11) is 0. The third kappa shape index (κ3) is 3.04. The van der Waals surface area contributed by atoms with Crippen LogP contribution in [0, 0.1) is 6.92 Å². The number of nitrogens with zero attached hydrogens (tertiary/aromatic N) is 4. The molecule has 94 valence electrons. The Balaban J connectivity index is 2.26. The SMILES string of the molecule is CCOc1nc(Cl)nc(Oc2cccnc2C)n1. The van der Waals surface area contributed by atoms with Gasteiger partial charge >= 0.3 is 12.0 Å². The maximum atomic E-state index is 5.75. The Bertz CT molecular complexity index is 550. The fourth-order valence-electron chi connectivity index (χ4n) is 1.23. The van der Waals surface area contributed by atoms with Crippen LogP contribution in [0.5, 0.6) is 17.8 Å². The number of halogens is 1. The lowest BCUT2D eigenvalue weighted by Gasteiger charge is -2.07. The van der Waals surface area contributed by atoms with Gasteiger partial charge in [0.2, 0.25) is 5.28 Å². The molecule has 2 heterocycles. The van der Waals surface area contributed by atoms with Crippen LogP contribution in [0.2, 0.25) is 5.28 Å². The molecule has 0 amide bonds. The van der Waals surface area contributed by atoms with Gasteiger partial charge in [-0.15, -0.1) is 4.98 Å². The van der Waals surface area contributed by atoms with Gasteiger partial charge in [-0.1, -0.05) is 0 Å². The van der Waals surface area contributed by atoms with Crippen molar-refractivity contribution >= 4 is 11.6 Å². The minimum absolute atomic E-state index is 0.0185. The molecule has 0 aliphatic rings. The van der Waals surface area contributed by atoms with Crippen LogP contribution in [0.3, 0.4) is 0 Å². The van der Waals surface area contributed by atoms with Crippen molar-refractivity contribution in [3.8, 4) is 17.8 Å². The molecule has 0 unspecified atom stereocenters. The number of hydrogen-bond acceptors (Lipinski definition) is 6. The van der Waals surface area contributed by atoms with E-state index >= 15 is 0 Å². The molecule has 0 atom stereocenters. The summed E-state index contributed by atoms with van der Waals surface area (Å²) >= 11 is 5.75. The number of rotatable bonds is 4. The highest BCUT2D eigenvalue weighted by molar-refractivity contribution is 6.28. The normalized spacial score (nSPS) is 10.2. The highest BCUT2D eigenvalue weighted by atomic mass is 35.5. The number of pyridine rings is 1. The van der Waals surface area contributed by atoms with Crippen molar-refractivity contribution < 1.29 is 9.47 Å². The first-order valence-corrected chi connectivity index (χ1v) is 5.70. The van der Waals surface area contributed by atoms with E-state index < -0.39 is 0 Å². The van der Waals surface area contributed by atoms with E-state index in [-0.39, 0.29) is 17.3 Å². The smallest absolute Gasteiger partial charge is 0.329 e. The van der Waals surface area contributed by atoms with E-state index in [1.807, 2.05) is 13.8 Å². The van der Waals surface area contributed by atoms with Crippen LogP contribution in [0.25, 0.3) is 0 Å². The molecule has 0 saturated carbocycles. The van der Waals surface area contributed by atoms with Crippen molar-refractivity contribution in [2.75, 3.05) is 6.61 Å². The lowest BCUT2D eigenvalue weighted by atomic mass is 10.3. The minimum atomic E-state index is 0.0185. The summed E-state index contributed by atoms with van der Waals surface area (Å²) in [5.74, 6) is 0.558. The average molecular weight is 267 g/mol. The number of aryl methyl sites for hydroxylation is 1. The molecule has 2 aromatic heterocycles. The molecule has 2 rings (SSSR count). The molecule has 7 heteroatoms. The van der Waals surface area contributed by atoms with E-state index in [1.54, 1.807) is 18.3 Å². The molecule has 2 aromatic rings. The quantitative estimate of drug-likeness (QED) is 0.846. The Morgan fingerprint density at radius 2 is 2.00 bits per heavy atom. The van der Waals surface area contributed by atoms with Crippen LogP contribution < -0.4 is 9.47 Å². The van der Waals surface area contributed by atoms with Crippen molar-refractivity contribution in [1.82, 2.24) is 19.9 Å². The molecule has 0 bridgehead atoms. The van der Waals surface area contributed by atoms with Gasteiger partial charge in [0.15, 0.2) is 5.75 Å². The number of aromatic nitrogens is 4. The average Bonchev–Trinajstić information content (AvgIpc) is 2.32. The molecule has 6 nitrogen and oxygen atoms in total. The molecule has 0 N–H and O–H groups in total. The summed E-state index contributed by atoms with van der Waals surface area (Å²) in [6, 6.07) is 3.73. The van der Waals surface area contributed by atoms with Gasteiger partial charge in [-0.3, -0.25) is 4.98 Å². The Morgan fingerprint density at radius 3 is 2.72 bits per heavy atom. The summed E-state index contributed by atoms with van der Waals surface area (Å²) in [4.78, 5) is 15.8. The first kappa shape index (κ1) is 12.5. The van der Waals surface area contributed by atoms with Crippen molar-refractivity contribution in [2.24, 2.45) is 0 Å². The molecule has 0 aliphatic heterocycles. The topological polar surface area (TPSA) is 70.0 Å². The molecule has 0 aromatic carbocycles. The molecule has 0 aliphatic carbocycles. The van der Waals surface area contributed by atoms with Crippen molar-refractivity contribution in [2.45, 2.75) is 13.8 Å². The lowest BCUT2D eigenvalue weighted by molar-refractivity contribution is 0.303. The molecular weight excluding hydrogens is 256 g/mol. The minimum Gasteiger partial charge on any atom is -0.464 e. The van der Waals surface area contributed by atoms with E-state index in [9.17, 15) is 0 Å². The van der Waals surface area contributed by atoms with Gasteiger partial charge in [0.1, 0.15) is 0 Å². The maximum Gasteiger partial charge on any atom is 0.329 e. The Hall–Kier alpha value is -1.95. The van der Waals surface area contributed by atoms with E-state index in [0.29, 0.717) is 12.4 Å².